The van der Waals surface area contributed by atoms with Gasteiger partial charge < -0.3 is 14.8 Å². The number of benzene rings is 3. The third kappa shape index (κ3) is 5.79. The van der Waals surface area contributed by atoms with E-state index >= 15 is 0 Å². The minimum Gasteiger partial charge on any atom is -0.459 e. The molecule has 6 heteroatoms. The Hall–Kier alpha value is -3.93. The highest BCUT2D eigenvalue weighted by molar-refractivity contribution is 6.32. The number of esters is 2. The van der Waals surface area contributed by atoms with E-state index in [1.807, 2.05) is 60.7 Å². The lowest BCUT2D eigenvalue weighted by molar-refractivity contribution is -0.157. The molecule has 0 radical (unpaired) electrons. The number of hydrogen-bond acceptors (Lipinski definition) is 5. The molecule has 0 aromatic heterocycles. The van der Waals surface area contributed by atoms with Crippen LogP contribution in [0.1, 0.15) is 35.8 Å². The van der Waals surface area contributed by atoms with E-state index in [0.29, 0.717) is 5.56 Å². The minimum atomic E-state index is -1.17. The van der Waals surface area contributed by atoms with Crippen LogP contribution < -0.4 is 5.32 Å². The van der Waals surface area contributed by atoms with Crippen LogP contribution in [0.2, 0.25) is 0 Å². The Balaban J connectivity index is 1.90. The maximum atomic E-state index is 13.2. The fraction of sp³-hybridized carbons (Fsp3) is 0.160. The van der Waals surface area contributed by atoms with Crippen LogP contribution >= 0.6 is 0 Å². The molecule has 3 rings (SSSR count). The first-order chi connectivity index (χ1) is 15.1. The number of amides is 1. The zero-order valence-corrected chi connectivity index (χ0v) is 17.1. The molecular formula is C25H23NO5. The van der Waals surface area contributed by atoms with Crippen LogP contribution in [0, 0.1) is 0 Å². The molecule has 0 saturated carbocycles. The number of carbonyl (C=O) groups excluding carboxylic acids is 3. The average Bonchev–Trinajstić information content (AvgIpc) is 2.82. The number of hydrogen-bond donors (Lipinski definition) is 1. The van der Waals surface area contributed by atoms with Crippen molar-refractivity contribution in [3.05, 3.63) is 108 Å². The molecule has 1 atom stereocenters. The Kier molecular flexibility index (Phi) is 7.54. The van der Waals surface area contributed by atoms with Crippen molar-refractivity contribution < 1.29 is 23.9 Å². The van der Waals surface area contributed by atoms with Crippen molar-refractivity contribution in [2.75, 3.05) is 6.61 Å². The van der Waals surface area contributed by atoms with Crippen LogP contribution in [-0.4, -0.2) is 24.5 Å². The van der Waals surface area contributed by atoms with Crippen molar-refractivity contribution in [3.8, 4) is 0 Å². The van der Waals surface area contributed by atoms with Gasteiger partial charge in [0.1, 0.15) is 0 Å². The highest BCUT2D eigenvalue weighted by Gasteiger charge is 2.30. The number of carbonyl (C=O) groups is 3. The third-order valence-electron chi connectivity index (χ3n) is 4.54. The van der Waals surface area contributed by atoms with Gasteiger partial charge in [-0.2, -0.15) is 0 Å². The monoisotopic (exact) mass is 417 g/mol. The van der Waals surface area contributed by atoms with Gasteiger partial charge in [-0.1, -0.05) is 91.0 Å². The summed E-state index contributed by atoms with van der Waals surface area (Å²) in [6.07, 6.45) is -0.680. The normalized spacial score (nSPS) is 11.4. The van der Waals surface area contributed by atoms with Crippen molar-refractivity contribution in [1.29, 1.82) is 0 Å². The predicted octanol–water partition coefficient (Wildman–Crippen LogP) is 3.74. The van der Waals surface area contributed by atoms with Gasteiger partial charge in [0.15, 0.2) is 12.1 Å². The van der Waals surface area contributed by atoms with E-state index in [2.05, 4.69) is 5.32 Å². The van der Waals surface area contributed by atoms with Crippen LogP contribution in [0.25, 0.3) is 0 Å². The Morgan fingerprint density at radius 3 is 1.65 bits per heavy atom. The van der Waals surface area contributed by atoms with E-state index in [1.165, 1.54) is 0 Å². The lowest BCUT2D eigenvalue weighted by Crippen LogP contribution is -2.40. The molecule has 3 aromatic carbocycles. The highest BCUT2D eigenvalue weighted by Crippen LogP contribution is 2.28. The first-order valence-corrected chi connectivity index (χ1v) is 9.93. The summed E-state index contributed by atoms with van der Waals surface area (Å²) in [5.41, 5.74) is 2.06. The van der Waals surface area contributed by atoms with Gasteiger partial charge in [0.25, 0.3) is 0 Å². The Morgan fingerprint density at radius 2 is 1.19 bits per heavy atom. The third-order valence-corrected chi connectivity index (χ3v) is 4.54. The molecule has 0 saturated heterocycles. The van der Waals surface area contributed by atoms with E-state index in [9.17, 15) is 14.4 Å². The Morgan fingerprint density at radius 1 is 0.742 bits per heavy atom. The number of rotatable bonds is 7. The second-order valence-corrected chi connectivity index (χ2v) is 6.68. The van der Waals surface area contributed by atoms with Crippen molar-refractivity contribution >= 4 is 17.8 Å². The minimum absolute atomic E-state index is 0.0524. The van der Waals surface area contributed by atoms with Crippen molar-refractivity contribution in [1.82, 2.24) is 5.32 Å². The fourth-order valence-electron chi connectivity index (χ4n) is 3.08. The molecule has 3 aromatic rings. The van der Waals surface area contributed by atoms with Crippen LogP contribution in [0.3, 0.4) is 0 Å². The van der Waals surface area contributed by atoms with E-state index < -0.39 is 30.0 Å². The SMILES string of the molecule is CCOC(=O)C(=O)NC(C(=O)OC(c1ccccc1)c1ccccc1)c1ccccc1. The summed E-state index contributed by atoms with van der Waals surface area (Å²) < 4.78 is 10.6. The van der Waals surface area contributed by atoms with Crippen LogP contribution in [-0.2, 0) is 23.9 Å². The van der Waals surface area contributed by atoms with E-state index in [1.54, 1.807) is 37.3 Å². The zero-order chi connectivity index (χ0) is 22.1. The van der Waals surface area contributed by atoms with Gasteiger partial charge in [0.05, 0.1) is 6.61 Å². The van der Waals surface area contributed by atoms with Gasteiger partial charge in [-0.15, -0.1) is 0 Å². The van der Waals surface area contributed by atoms with Crippen molar-refractivity contribution in [2.45, 2.75) is 19.1 Å². The topological polar surface area (TPSA) is 81.7 Å². The molecule has 0 fully saturated rings. The first-order valence-electron chi connectivity index (χ1n) is 9.93. The maximum Gasteiger partial charge on any atom is 0.396 e. The predicted molar refractivity (Wildman–Crippen MR) is 115 cm³/mol. The molecule has 0 spiro atoms. The molecular weight excluding hydrogens is 394 g/mol. The standard InChI is InChI=1S/C25H23NO5/c1-2-30-25(29)23(27)26-21(18-12-6-3-7-13-18)24(28)31-22(19-14-8-4-9-15-19)20-16-10-5-11-17-20/h3-17,21-22H,2H2,1H3,(H,26,27). The van der Waals surface area contributed by atoms with Gasteiger partial charge in [0, 0.05) is 0 Å². The molecule has 158 valence electrons. The molecule has 0 aliphatic carbocycles. The Bertz CT molecular complexity index is 966. The Labute approximate surface area is 180 Å². The first kappa shape index (κ1) is 21.8. The number of nitrogens with one attached hydrogen (secondary N) is 1. The molecule has 6 nitrogen and oxygen atoms in total. The molecule has 0 bridgehead atoms. The largest absolute Gasteiger partial charge is 0.459 e. The summed E-state index contributed by atoms with van der Waals surface area (Å²) in [4.78, 5) is 37.3. The second kappa shape index (κ2) is 10.7. The zero-order valence-electron chi connectivity index (χ0n) is 17.1. The van der Waals surface area contributed by atoms with E-state index in [-0.39, 0.29) is 6.61 Å². The molecule has 31 heavy (non-hydrogen) atoms. The van der Waals surface area contributed by atoms with Gasteiger partial charge in [-0.3, -0.25) is 4.79 Å². The summed E-state index contributed by atoms with van der Waals surface area (Å²) in [7, 11) is 0. The lowest BCUT2D eigenvalue weighted by atomic mass is 10.0. The van der Waals surface area contributed by atoms with Gasteiger partial charge in [0.2, 0.25) is 0 Å². The molecule has 1 amide bonds. The van der Waals surface area contributed by atoms with Gasteiger partial charge in [-0.25, -0.2) is 9.59 Å². The van der Waals surface area contributed by atoms with Crippen LogP contribution in [0.15, 0.2) is 91.0 Å². The van der Waals surface area contributed by atoms with E-state index in [0.717, 1.165) is 11.1 Å². The summed E-state index contributed by atoms with van der Waals surface area (Å²) in [6.45, 7) is 1.65. The lowest BCUT2D eigenvalue weighted by Gasteiger charge is -2.23. The van der Waals surface area contributed by atoms with Gasteiger partial charge in [-0.05, 0) is 23.6 Å². The quantitative estimate of drug-likeness (QED) is 0.468. The van der Waals surface area contributed by atoms with Crippen LogP contribution in [0.4, 0.5) is 0 Å². The van der Waals surface area contributed by atoms with Crippen molar-refractivity contribution in [2.24, 2.45) is 0 Å². The molecule has 1 N–H and O–H groups in total. The summed E-state index contributed by atoms with van der Waals surface area (Å²) in [5.74, 6) is -2.76. The van der Waals surface area contributed by atoms with E-state index in [4.69, 9.17) is 9.47 Å². The van der Waals surface area contributed by atoms with Crippen LogP contribution in [0.5, 0.6) is 0 Å². The summed E-state index contributed by atoms with van der Waals surface area (Å²) in [5, 5.41) is 2.44. The smallest absolute Gasteiger partial charge is 0.396 e. The molecule has 0 aliphatic rings. The summed E-state index contributed by atoms with van der Waals surface area (Å²) in [6, 6.07) is 26.1. The molecule has 1 unspecified atom stereocenters. The maximum absolute atomic E-state index is 13.2. The molecule has 0 aliphatic heterocycles. The second-order valence-electron chi connectivity index (χ2n) is 6.68. The van der Waals surface area contributed by atoms with Crippen molar-refractivity contribution in [3.63, 3.8) is 0 Å². The summed E-state index contributed by atoms with van der Waals surface area (Å²) >= 11 is 0. The molecule has 0 heterocycles. The van der Waals surface area contributed by atoms with Gasteiger partial charge >= 0.3 is 17.8 Å². The fourth-order valence-corrected chi connectivity index (χ4v) is 3.08. The highest BCUT2D eigenvalue weighted by atomic mass is 16.5. The average molecular weight is 417 g/mol. The number of ether oxygens (including phenoxy) is 2.